The highest BCUT2D eigenvalue weighted by Gasteiger charge is 2.32. The summed E-state index contributed by atoms with van der Waals surface area (Å²) < 4.78 is 2.84. The van der Waals surface area contributed by atoms with E-state index in [1.165, 1.54) is 0 Å². The molecule has 1 amide bonds. The van der Waals surface area contributed by atoms with Gasteiger partial charge in [-0.15, -0.1) is 0 Å². The Morgan fingerprint density at radius 1 is 1.61 bits per heavy atom. The Morgan fingerprint density at radius 2 is 2.33 bits per heavy atom. The second-order valence-corrected chi connectivity index (χ2v) is 6.07. The zero-order valence-corrected chi connectivity index (χ0v) is 12.4. The lowest BCUT2D eigenvalue weighted by molar-refractivity contribution is -0.0111. The van der Waals surface area contributed by atoms with Crippen molar-refractivity contribution in [1.29, 1.82) is 0 Å². The van der Waals surface area contributed by atoms with Gasteiger partial charge in [0.25, 0.3) is 5.91 Å². The molecular formula is C13H19BrN2O2. The Hall–Kier alpha value is -0.810. The van der Waals surface area contributed by atoms with Crippen LogP contribution in [0, 0.1) is 0 Å². The van der Waals surface area contributed by atoms with E-state index in [1.807, 2.05) is 23.8 Å². The van der Waals surface area contributed by atoms with Crippen LogP contribution in [0.1, 0.15) is 37.2 Å². The fourth-order valence-corrected chi connectivity index (χ4v) is 2.93. The molecule has 0 radical (unpaired) electrons. The number of hydrogen-bond acceptors (Lipinski definition) is 2. The van der Waals surface area contributed by atoms with Crippen molar-refractivity contribution in [3.8, 4) is 0 Å². The minimum absolute atomic E-state index is 0.00234. The Kier molecular flexibility index (Phi) is 3.82. The van der Waals surface area contributed by atoms with Crippen LogP contribution in [0.2, 0.25) is 0 Å². The molecule has 18 heavy (non-hydrogen) atoms. The van der Waals surface area contributed by atoms with Gasteiger partial charge in [0.1, 0.15) is 5.69 Å². The number of amides is 1. The van der Waals surface area contributed by atoms with E-state index in [2.05, 4.69) is 15.9 Å². The second-order valence-electron chi connectivity index (χ2n) is 5.16. The Morgan fingerprint density at radius 3 is 2.94 bits per heavy atom. The molecule has 1 unspecified atom stereocenters. The molecule has 0 bridgehead atoms. The normalized spacial score (nSPS) is 24.3. The third kappa shape index (κ3) is 2.78. The van der Waals surface area contributed by atoms with E-state index in [0.29, 0.717) is 12.2 Å². The molecule has 4 nitrogen and oxygen atoms in total. The predicted octanol–water partition coefficient (Wildman–Crippen LogP) is 2.26. The first-order valence-corrected chi connectivity index (χ1v) is 7.09. The summed E-state index contributed by atoms with van der Waals surface area (Å²) in [4.78, 5) is 14.2. The molecule has 2 rings (SSSR count). The summed E-state index contributed by atoms with van der Waals surface area (Å²) in [7, 11) is 0. The molecule has 1 aliphatic heterocycles. The molecule has 0 spiro atoms. The van der Waals surface area contributed by atoms with Gasteiger partial charge in [-0.3, -0.25) is 4.79 Å². The molecule has 1 aromatic heterocycles. The van der Waals surface area contributed by atoms with Gasteiger partial charge in [-0.1, -0.05) is 0 Å². The van der Waals surface area contributed by atoms with Gasteiger partial charge >= 0.3 is 0 Å². The monoisotopic (exact) mass is 314 g/mol. The molecule has 0 aliphatic carbocycles. The van der Waals surface area contributed by atoms with Crippen LogP contribution in [-0.4, -0.2) is 39.2 Å². The van der Waals surface area contributed by atoms with Gasteiger partial charge in [0.2, 0.25) is 0 Å². The van der Waals surface area contributed by atoms with Gasteiger partial charge in [-0.25, -0.2) is 0 Å². The minimum Gasteiger partial charge on any atom is -0.388 e. The fourth-order valence-electron chi connectivity index (χ4n) is 2.47. The van der Waals surface area contributed by atoms with Crippen LogP contribution in [0.25, 0.3) is 0 Å². The van der Waals surface area contributed by atoms with Crippen molar-refractivity contribution in [2.24, 2.45) is 0 Å². The third-order valence-electron chi connectivity index (χ3n) is 3.39. The van der Waals surface area contributed by atoms with Gasteiger partial charge in [0.05, 0.1) is 5.60 Å². The maximum absolute atomic E-state index is 12.5. The van der Waals surface area contributed by atoms with E-state index in [4.69, 9.17) is 0 Å². The fraction of sp³-hybridized carbons (Fsp3) is 0.615. The van der Waals surface area contributed by atoms with E-state index < -0.39 is 5.60 Å². The summed E-state index contributed by atoms with van der Waals surface area (Å²) in [6, 6.07) is 1.84. The third-order valence-corrected chi connectivity index (χ3v) is 3.82. The topological polar surface area (TPSA) is 45.5 Å². The molecule has 0 aromatic carbocycles. The first-order valence-electron chi connectivity index (χ1n) is 6.30. The molecule has 1 aliphatic rings. The van der Waals surface area contributed by atoms with Crippen LogP contribution in [0.4, 0.5) is 0 Å². The van der Waals surface area contributed by atoms with Gasteiger partial charge in [0, 0.05) is 30.3 Å². The molecule has 2 heterocycles. The second kappa shape index (κ2) is 5.05. The average Bonchev–Trinajstić information content (AvgIpc) is 2.68. The number of piperidine rings is 1. The number of hydrogen-bond donors (Lipinski definition) is 1. The molecule has 1 fully saturated rings. The van der Waals surface area contributed by atoms with Gasteiger partial charge < -0.3 is 14.6 Å². The molecule has 1 saturated heterocycles. The summed E-state index contributed by atoms with van der Waals surface area (Å²) in [6.45, 7) is 5.70. The zero-order chi connectivity index (χ0) is 13.3. The number of rotatable bonds is 2. The Labute approximate surface area is 116 Å². The number of nitrogens with zero attached hydrogens (tertiary/aromatic N) is 2. The van der Waals surface area contributed by atoms with E-state index in [0.717, 1.165) is 30.4 Å². The van der Waals surface area contributed by atoms with Crippen LogP contribution in [-0.2, 0) is 6.54 Å². The lowest BCUT2D eigenvalue weighted by Crippen LogP contribution is -2.48. The number of likely N-dealkylation sites (tertiary alicyclic amines) is 1. The number of aryl methyl sites for hydroxylation is 1. The van der Waals surface area contributed by atoms with Crippen LogP contribution < -0.4 is 0 Å². The molecule has 0 saturated carbocycles. The predicted molar refractivity (Wildman–Crippen MR) is 73.6 cm³/mol. The maximum atomic E-state index is 12.5. The maximum Gasteiger partial charge on any atom is 0.270 e. The summed E-state index contributed by atoms with van der Waals surface area (Å²) in [6.07, 6.45) is 3.53. The van der Waals surface area contributed by atoms with Crippen molar-refractivity contribution in [2.75, 3.05) is 13.1 Å². The molecule has 1 N–H and O–H groups in total. The highest BCUT2D eigenvalue weighted by Crippen LogP contribution is 2.23. The quantitative estimate of drug-likeness (QED) is 0.910. The Balaban J connectivity index is 2.20. The lowest BCUT2D eigenvalue weighted by atomic mass is 9.95. The number of carbonyl (C=O) groups excluding carboxylic acids is 1. The first-order chi connectivity index (χ1) is 8.43. The molecule has 100 valence electrons. The van der Waals surface area contributed by atoms with Crippen LogP contribution in [0.15, 0.2) is 16.7 Å². The van der Waals surface area contributed by atoms with Crippen molar-refractivity contribution in [1.82, 2.24) is 9.47 Å². The van der Waals surface area contributed by atoms with Gasteiger partial charge in [-0.05, 0) is 48.7 Å². The number of halogens is 1. The lowest BCUT2D eigenvalue weighted by Gasteiger charge is -2.36. The van der Waals surface area contributed by atoms with Gasteiger partial charge in [-0.2, -0.15) is 0 Å². The molecule has 1 atom stereocenters. The smallest absolute Gasteiger partial charge is 0.270 e. The summed E-state index contributed by atoms with van der Waals surface area (Å²) >= 11 is 3.40. The summed E-state index contributed by atoms with van der Waals surface area (Å²) in [5.41, 5.74) is -0.0727. The molecule has 5 heteroatoms. The average molecular weight is 315 g/mol. The van der Waals surface area contributed by atoms with Gasteiger partial charge in [0.15, 0.2) is 0 Å². The number of β-amino-alcohol motifs (C(OH)–C–C–N with tert-alkyl or cyclic N) is 1. The van der Waals surface area contributed by atoms with E-state index in [-0.39, 0.29) is 5.91 Å². The van der Waals surface area contributed by atoms with E-state index >= 15 is 0 Å². The van der Waals surface area contributed by atoms with Crippen LogP contribution >= 0.6 is 15.9 Å². The zero-order valence-electron chi connectivity index (χ0n) is 10.8. The van der Waals surface area contributed by atoms with Crippen molar-refractivity contribution in [3.63, 3.8) is 0 Å². The van der Waals surface area contributed by atoms with E-state index in [9.17, 15) is 9.90 Å². The van der Waals surface area contributed by atoms with Crippen molar-refractivity contribution < 1.29 is 9.90 Å². The summed E-state index contributed by atoms with van der Waals surface area (Å²) in [5.74, 6) is 0.00234. The van der Waals surface area contributed by atoms with Crippen molar-refractivity contribution in [2.45, 2.75) is 38.8 Å². The highest BCUT2D eigenvalue weighted by atomic mass is 79.9. The first kappa shape index (κ1) is 13.6. The van der Waals surface area contributed by atoms with E-state index in [1.54, 1.807) is 11.8 Å². The van der Waals surface area contributed by atoms with Crippen molar-refractivity contribution in [3.05, 3.63) is 22.4 Å². The van der Waals surface area contributed by atoms with Crippen LogP contribution in [0.3, 0.4) is 0 Å². The molecule has 1 aromatic rings. The number of carbonyl (C=O) groups is 1. The standard InChI is InChI=1S/C13H19BrN2O2/c1-3-15-8-10(14)7-11(15)12(17)16-6-4-5-13(2,18)9-16/h7-8,18H,3-6,9H2,1-2H3. The number of aromatic nitrogens is 1. The SMILES string of the molecule is CCn1cc(Br)cc1C(=O)N1CCCC(C)(O)C1. The number of aliphatic hydroxyl groups is 1. The van der Waals surface area contributed by atoms with Crippen LogP contribution in [0.5, 0.6) is 0 Å². The summed E-state index contributed by atoms with van der Waals surface area (Å²) in [5, 5.41) is 10.1. The van der Waals surface area contributed by atoms with Crippen molar-refractivity contribution >= 4 is 21.8 Å². The molecular weight excluding hydrogens is 296 g/mol. The minimum atomic E-state index is -0.755. The Bertz CT molecular complexity index is 454. The largest absolute Gasteiger partial charge is 0.388 e. The highest BCUT2D eigenvalue weighted by molar-refractivity contribution is 9.10.